The number of nitrogen functional groups attached to an aromatic ring is 1. The predicted octanol–water partition coefficient (Wildman–Crippen LogP) is 5.17. The fraction of sp³-hybridized carbons (Fsp3) is 0.464. The lowest BCUT2D eigenvalue weighted by molar-refractivity contribution is 0.0946. The zero-order valence-electron chi connectivity index (χ0n) is 21.0. The minimum Gasteiger partial charge on any atom is -0.398 e. The molecule has 0 aliphatic carbocycles. The molecule has 34 heavy (non-hydrogen) atoms. The van der Waals surface area contributed by atoms with Gasteiger partial charge >= 0.3 is 0 Å². The molecule has 5 nitrogen and oxygen atoms in total. The van der Waals surface area contributed by atoms with Gasteiger partial charge in [0.2, 0.25) is 0 Å². The number of amides is 1. The second-order valence-corrected chi connectivity index (χ2v) is 10.8. The molecule has 0 saturated carbocycles. The third kappa shape index (κ3) is 6.36. The van der Waals surface area contributed by atoms with Crippen molar-refractivity contribution in [2.75, 3.05) is 31.1 Å². The lowest BCUT2D eigenvalue weighted by atomic mass is 9.93. The molecule has 184 valence electrons. The first-order valence-electron chi connectivity index (χ1n) is 12.4. The maximum Gasteiger partial charge on any atom is 0.253 e. The van der Waals surface area contributed by atoms with Crippen LogP contribution >= 0.6 is 0 Å². The van der Waals surface area contributed by atoms with Gasteiger partial charge in [0, 0.05) is 42.0 Å². The normalized spacial score (nSPS) is 16.2. The van der Waals surface area contributed by atoms with Gasteiger partial charge in [0.25, 0.3) is 5.91 Å². The number of carbonyl (C=O) groups is 1. The second kappa shape index (κ2) is 12.3. The Morgan fingerprint density at radius 3 is 2.41 bits per heavy atom. The second-order valence-electron chi connectivity index (χ2n) is 9.07. The number of hydrogen-bond acceptors (Lipinski definition) is 4. The number of benzene rings is 2. The van der Waals surface area contributed by atoms with Crippen molar-refractivity contribution in [2.24, 2.45) is 0 Å². The fourth-order valence-electron chi connectivity index (χ4n) is 4.73. The summed E-state index contributed by atoms with van der Waals surface area (Å²) in [5.74, 6) is 0.557. The van der Waals surface area contributed by atoms with Crippen molar-refractivity contribution in [1.82, 2.24) is 10.2 Å². The maximum atomic E-state index is 12.6. The molecule has 3 N–H and O–H groups in total. The SMILES string of the molecule is CCC(CCNC(=O)c1cccc(C)c1N)N1CCC(=C(C)c2ccc(S(=O)CC)cc2)CC1. The summed E-state index contributed by atoms with van der Waals surface area (Å²) in [5.41, 5.74) is 12.2. The van der Waals surface area contributed by atoms with E-state index in [-0.39, 0.29) is 5.91 Å². The number of hydrogen-bond donors (Lipinski definition) is 2. The number of allylic oxidation sites excluding steroid dienone is 1. The Balaban J connectivity index is 1.53. The number of piperidine rings is 1. The summed E-state index contributed by atoms with van der Waals surface area (Å²) in [6.45, 7) is 11.0. The molecule has 1 aliphatic rings. The smallest absolute Gasteiger partial charge is 0.253 e. The summed E-state index contributed by atoms with van der Waals surface area (Å²) < 4.78 is 12.0. The monoisotopic (exact) mass is 481 g/mol. The Morgan fingerprint density at radius 2 is 1.79 bits per heavy atom. The van der Waals surface area contributed by atoms with Gasteiger partial charge in [0.15, 0.2) is 0 Å². The molecule has 2 unspecified atom stereocenters. The first-order chi connectivity index (χ1) is 16.3. The van der Waals surface area contributed by atoms with Crippen molar-refractivity contribution in [3.05, 3.63) is 64.7 Å². The summed E-state index contributed by atoms with van der Waals surface area (Å²) in [4.78, 5) is 16.0. The van der Waals surface area contributed by atoms with Crippen LogP contribution in [0.1, 0.15) is 67.9 Å². The molecule has 0 bridgehead atoms. The third-order valence-corrected chi connectivity index (χ3v) is 8.39. The van der Waals surface area contributed by atoms with Crippen molar-refractivity contribution < 1.29 is 9.00 Å². The van der Waals surface area contributed by atoms with Gasteiger partial charge in [-0.1, -0.05) is 43.7 Å². The van der Waals surface area contributed by atoms with Crippen LogP contribution in [0.15, 0.2) is 52.9 Å². The van der Waals surface area contributed by atoms with E-state index in [1.807, 2.05) is 38.1 Å². The van der Waals surface area contributed by atoms with Crippen LogP contribution in [0.2, 0.25) is 0 Å². The van der Waals surface area contributed by atoms with Gasteiger partial charge in [-0.15, -0.1) is 0 Å². The van der Waals surface area contributed by atoms with Crippen molar-refractivity contribution >= 4 is 28.0 Å². The molecule has 0 radical (unpaired) electrons. The van der Waals surface area contributed by atoms with Gasteiger partial charge in [0.05, 0.1) is 16.4 Å². The van der Waals surface area contributed by atoms with Crippen LogP contribution in [0.5, 0.6) is 0 Å². The Hall–Kier alpha value is -2.44. The van der Waals surface area contributed by atoms with E-state index in [1.54, 1.807) is 6.07 Å². The molecular weight excluding hydrogens is 442 g/mol. The molecule has 1 heterocycles. The molecule has 0 aromatic heterocycles. The van der Waals surface area contributed by atoms with Crippen molar-refractivity contribution in [1.29, 1.82) is 0 Å². The average Bonchev–Trinajstić information content (AvgIpc) is 2.87. The summed E-state index contributed by atoms with van der Waals surface area (Å²) >= 11 is 0. The highest BCUT2D eigenvalue weighted by atomic mass is 32.2. The van der Waals surface area contributed by atoms with E-state index >= 15 is 0 Å². The van der Waals surface area contributed by atoms with Crippen LogP contribution in [0.3, 0.4) is 0 Å². The molecule has 1 saturated heterocycles. The van der Waals surface area contributed by atoms with E-state index in [0.29, 0.717) is 29.6 Å². The van der Waals surface area contributed by atoms with Crippen LogP contribution in [0, 0.1) is 6.92 Å². The predicted molar refractivity (Wildman–Crippen MR) is 143 cm³/mol. The molecule has 1 aliphatic heterocycles. The highest BCUT2D eigenvalue weighted by Crippen LogP contribution is 2.28. The fourth-order valence-corrected chi connectivity index (χ4v) is 5.51. The Bertz CT molecular complexity index is 1040. The minimum atomic E-state index is -0.902. The lowest BCUT2D eigenvalue weighted by Gasteiger charge is -2.36. The molecule has 1 amide bonds. The van der Waals surface area contributed by atoms with Crippen LogP contribution in [0.4, 0.5) is 5.69 Å². The van der Waals surface area contributed by atoms with Gasteiger partial charge in [-0.25, -0.2) is 0 Å². The van der Waals surface area contributed by atoms with Gasteiger partial charge in [-0.2, -0.15) is 0 Å². The van der Waals surface area contributed by atoms with E-state index in [9.17, 15) is 9.00 Å². The summed E-state index contributed by atoms with van der Waals surface area (Å²) in [6, 6.07) is 14.2. The summed E-state index contributed by atoms with van der Waals surface area (Å²) in [6.07, 6.45) is 4.13. The number of carbonyl (C=O) groups excluding carboxylic acids is 1. The minimum absolute atomic E-state index is 0.0932. The quantitative estimate of drug-likeness (QED) is 0.484. The number of para-hydroxylation sites is 1. The van der Waals surface area contributed by atoms with E-state index in [2.05, 4.69) is 36.2 Å². The molecule has 2 atom stereocenters. The van der Waals surface area contributed by atoms with Crippen molar-refractivity contribution in [3.8, 4) is 0 Å². The van der Waals surface area contributed by atoms with Crippen LogP contribution in [-0.2, 0) is 10.8 Å². The Kier molecular flexibility index (Phi) is 9.48. The molecule has 2 aromatic carbocycles. The molecule has 6 heteroatoms. The van der Waals surface area contributed by atoms with Crippen molar-refractivity contribution in [2.45, 2.75) is 64.3 Å². The van der Waals surface area contributed by atoms with E-state index < -0.39 is 10.8 Å². The number of aryl methyl sites for hydroxylation is 1. The maximum absolute atomic E-state index is 12.6. The number of rotatable bonds is 9. The van der Waals surface area contributed by atoms with E-state index in [0.717, 1.165) is 49.2 Å². The number of likely N-dealkylation sites (tertiary alicyclic amines) is 1. The molecule has 0 spiro atoms. The zero-order valence-corrected chi connectivity index (χ0v) is 21.8. The highest BCUT2D eigenvalue weighted by molar-refractivity contribution is 7.85. The molecular formula is C28H39N3O2S. The van der Waals surface area contributed by atoms with Crippen LogP contribution in [-0.4, -0.2) is 46.4 Å². The lowest BCUT2D eigenvalue weighted by Crippen LogP contribution is -2.41. The Labute approximate surface area is 207 Å². The number of nitrogens with two attached hydrogens (primary N) is 1. The summed E-state index contributed by atoms with van der Waals surface area (Å²) in [7, 11) is -0.902. The molecule has 2 aromatic rings. The first kappa shape index (κ1) is 26.2. The number of nitrogens with one attached hydrogen (secondary N) is 1. The third-order valence-electron chi connectivity index (χ3n) is 7.06. The van der Waals surface area contributed by atoms with Gasteiger partial charge in [0.1, 0.15) is 0 Å². The first-order valence-corrected chi connectivity index (χ1v) is 13.7. The van der Waals surface area contributed by atoms with E-state index in [1.165, 1.54) is 16.7 Å². The molecule has 3 rings (SSSR count). The standard InChI is InChI=1S/C28H39N3O2S/c1-5-24(14-17-30-28(32)26-9-7-8-20(3)27(26)29)31-18-15-23(16-19-31)21(4)22-10-12-25(13-11-22)34(33)6-2/h7-13,24H,5-6,14-19,29H2,1-4H3,(H,30,32). The number of anilines is 1. The van der Waals surface area contributed by atoms with Crippen molar-refractivity contribution in [3.63, 3.8) is 0 Å². The van der Waals surface area contributed by atoms with Crippen LogP contribution < -0.4 is 11.1 Å². The Morgan fingerprint density at radius 1 is 1.12 bits per heavy atom. The molecule has 1 fully saturated rings. The number of nitrogens with zero attached hydrogens (tertiary/aromatic N) is 1. The van der Waals surface area contributed by atoms with Crippen LogP contribution in [0.25, 0.3) is 5.57 Å². The topological polar surface area (TPSA) is 75.4 Å². The largest absolute Gasteiger partial charge is 0.398 e. The zero-order chi connectivity index (χ0) is 24.7. The average molecular weight is 482 g/mol. The van der Waals surface area contributed by atoms with Gasteiger partial charge < -0.3 is 11.1 Å². The highest BCUT2D eigenvalue weighted by Gasteiger charge is 2.22. The summed E-state index contributed by atoms with van der Waals surface area (Å²) in [5, 5.41) is 3.06. The van der Waals surface area contributed by atoms with Gasteiger partial charge in [-0.05, 0) is 74.4 Å². The van der Waals surface area contributed by atoms with E-state index in [4.69, 9.17) is 5.73 Å². The van der Waals surface area contributed by atoms with Gasteiger partial charge in [-0.3, -0.25) is 13.9 Å².